The molecule has 1 aromatic heterocycles. The summed E-state index contributed by atoms with van der Waals surface area (Å²) >= 11 is 0. The van der Waals surface area contributed by atoms with Gasteiger partial charge in [0, 0.05) is 19.3 Å². The maximum absolute atomic E-state index is 12.4. The Balaban J connectivity index is 1.44. The van der Waals surface area contributed by atoms with Gasteiger partial charge in [0.1, 0.15) is 0 Å². The number of benzene rings is 1. The first-order valence-electron chi connectivity index (χ1n) is 9.16. The summed E-state index contributed by atoms with van der Waals surface area (Å²) in [5, 5.41) is 0. The van der Waals surface area contributed by atoms with Crippen LogP contribution in [0.1, 0.15) is 29.7 Å². The van der Waals surface area contributed by atoms with E-state index in [-0.39, 0.29) is 5.75 Å². The summed E-state index contributed by atoms with van der Waals surface area (Å²) in [5.74, 6) is 0.458. The molecule has 2 aromatic rings. The van der Waals surface area contributed by atoms with Gasteiger partial charge >= 0.3 is 0 Å². The van der Waals surface area contributed by atoms with Gasteiger partial charge in [-0.3, -0.25) is 9.88 Å². The smallest absolute Gasteiger partial charge is 0.215 e. The quantitative estimate of drug-likeness (QED) is 0.811. The number of nitrogens with one attached hydrogen (secondary N) is 1. The van der Waals surface area contributed by atoms with E-state index in [0.29, 0.717) is 12.5 Å². The fourth-order valence-electron chi connectivity index (χ4n) is 3.34. The van der Waals surface area contributed by atoms with E-state index in [0.717, 1.165) is 49.3 Å². The molecule has 0 unspecified atom stereocenters. The maximum Gasteiger partial charge on any atom is 0.215 e. The van der Waals surface area contributed by atoms with E-state index in [1.165, 1.54) is 0 Å². The van der Waals surface area contributed by atoms with Crippen LogP contribution in [0.4, 0.5) is 0 Å². The van der Waals surface area contributed by atoms with Crippen molar-refractivity contribution in [2.45, 2.75) is 32.1 Å². The molecule has 0 radical (unpaired) electrons. The van der Waals surface area contributed by atoms with Crippen LogP contribution in [0.3, 0.4) is 0 Å². The van der Waals surface area contributed by atoms with E-state index in [4.69, 9.17) is 0 Å². The number of likely N-dealkylation sites (tertiary alicyclic amines) is 1. The standard InChI is InChI=1S/C20H27N3O2S/c1-17-6-2-3-7-19(17)16-26(24,25)22-14-18-9-12-23(13-10-18)15-20-8-4-5-11-21-20/h2-8,11,18,22H,9-10,12-16H2,1H3. The molecule has 1 N–H and O–H groups in total. The molecule has 1 aromatic carbocycles. The average molecular weight is 374 g/mol. The molecule has 1 aliphatic heterocycles. The van der Waals surface area contributed by atoms with Crippen LogP contribution >= 0.6 is 0 Å². The van der Waals surface area contributed by atoms with Gasteiger partial charge < -0.3 is 0 Å². The number of nitrogens with zero attached hydrogens (tertiary/aromatic N) is 2. The average Bonchev–Trinajstić information content (AvgIpc) is 2.64. The van der Waals surface area contributed by atoms with Crippen molar-refractivity contribution < 1.29 is 8.42 Å². The molecule has 0 atom stereocenters. The normalized spacial score (nSPS) is 16.7. The predicted octanol–water partition coefficient (Wildman–Crippen LogP) is 2.72. The Kier molecular flexibility index (Phi) is 6.40. The van der Waals surface area contributed by atoms with Crippen LogP contribution in [0.15, 0.2) is 48.7 Å². The van der Waals surface area contributed by atoms with Crippen LogP contribution in [0, 0.1) is 12.8 Å². The molecule has 1 fully saturated rings. The second kappa shape index (κ2) is 8.75. The molecule has 0 saturated carbocycles. The molecule has 26 heavy (non-hydrogen) atoms. The van der Waals surface area contributed by atoms with Crippen LogP contribution in [-0.2, 0) is 22.3 Å². The Morgan fingerprint density at radius 3 is 2.54 bits per heavy atom. The monoisotopic (exact) mass is 373 g/mol. The van der Waals surface area contributed by atoms with Crippen molar-refractivity contribution in [3.63, 3.8) is 0 Å². The Bertz CT molecular complexity index is 801. The van der Waals surface area contributed by atoms with Gasteiger partial charge in [-0.15, -0.1) is 0 Å². The van der Waals surface area contributed by atoms with E-state index in [2.05, 4.69) is 14.6 Å². The fraction of sp³-hybridized carbons (Fsp3) is 0.450. The number of rotatable bonds is 7. The first-order valence-corrected chi connectivity index (χ1v) is 10.8. The number of hydrogen-bond donors (Lipinski definition) is 1. The van der Waals surface area contributed by atoms with Crippen molar-refractivity contribution in [3.8, 4) is 0 Å². The minimum absolute atomic E-state index is 0.0538. The SMILES string of the molecule is Cc1ccccc1CS(=O)(=O)NCC1CCN(Cc2ccccn2)CC1. The molecule has 0 bridgehead atoms. The summed E-state index contributed by atoms with van der Waals surface area (Å²) in [4.78, 5) is 6.76. The lowest BCUT2D eigenvalue weighted by atomic mass is 9.97. The minimum Gasteiger partial charge on any atom is -0.297 e. The molecular weight excluding hydrogens is 346 g/mol. The highest BCUT2D eigenvalue weighted by atomic mass is 32.2. The Morgan fingerprint density at radius 2 is 1.85 bits per heavy atom. The van der Waals surface area contributed by atoms with Gasteiger partial charge in [-0.1, -0.05) is 30.3 Å². The molecule has 6 heteroatoms. The molecule has 140 valence electrons. The summed E-state index contributed by atoms with van der Waals surface area (Å²) in [5.41, 5.74) is 2.97. The van der Waals surface area contributed by atoms with Gasteiger partial charge in [0.15, 0.2) is 0 Å². The van der Waals surface area contributed by atoms with Gasteiger partial charge in [-0.05, 0) is 62.0 Å². The highest BCUT2D eigenvalue weighted by molar-refractivity contribution is 7.88. The number of pyridine rings is 1. The van der Waals surface area contributed by atoms with Gasteiger partial charge in [0.25, 0.3) is 0 Å². The number of piperidine rings is 1. The van der Waals surface area contributed by atoms with E-state index in [1.54, 1.807) is 0 Å². The van der Waals surface area contributed by atoms with Gasteiger partial charge in [0.05, 0.1) is 11.4 Å². The summed E-state index contributed by atoms with van der Waals surface area (Å²) in [6, 6.07) is 13.6. The van der Waals surface area contributed by atoms with Crippen molar-refractivity contribution in [2.75, 3.05) is 19.6 Å². The second-order valence-corrected chi connectivity index (χ2v) is 8.88. The molecule has 0 aliphatic carbocycles. The first kappa shape index (κ1) is 19.0. The third kappa shape index (κ3) is 5.62. The van der Waals surface area contributed by atoms with Gasteiger partial charge in [0.2, 0.25) is 10.0 Å². The van der Waals surface area contributed by atoms with E-state index in [1.807, 2.05) is 55.6 Å². The van der Waals surface area contributed by atoms with Crippen LogP contribution < -0.4 is 4.72 Å². The number of aryl methyl sites for hydroxylation is 1. The lowest BCUT2D eigenvalue weighted by Gasteiger charge is -2.31. The van der Waals surface area contributed by atoms with Crippen LogP contribution in [0.2, 0.25) is 0 Å². The fourth-order valence-corrected chi connectivity index (χ4v) is 4.67. The van der Waals surface area contributed by atoms with Crippen molar-refractivity contribution in [3.05, 3.63) is 65.5 Å². The highest BCUT2D eigenvalue weighted by Crippen LogP contribution is 2.18. The van der Waals surface area contributed by atoms with E-state index < -0.39 is 10.0 Å². The lowest BCUT2D eigenvalue weighted by Crippen LogP contribution is -2.38. The number of aromatic nitrogens is 1. The Hall–Kier alpha value is -1.76. The lowest BCUT2D eigenvalue weighted by molar-refractivity contribution is 0.177. The molecule has 5 nitrogen and oxygen atoms in total. The van der Waals surface area contributed by atoms with Gasteiger partial charge in [-0.2, -0.15) is 0 Å². The minimum atomic E-state index is -3.29. The van der Waals surface area contributed by atoms with E-state index in [9.17, 15) is 8.42 Å². The zero-order valence-electron chi connectivity index (χ0n) is 15.3. The summed E-state index contributed by atoms with van der Waals surface area (Å²) in [7, 11) is -3.29. The summed E-state index contributed by atoms with van der Waals surface area (Å²) in [6.45, 7) is 5.32. The Morgan fingerprint density at radius 1 is 1.12 bits per heavy atom. The van der Waals surface area contributed by atoms with Crippen molar-refractivity contribution in [1.29, 1.82) is 0 Å². The van der Waals surface area contributed by atoms with E-state index >= 15 is 0 Å². The largest absolute Gasteiger partial charge is 0.297 e. The van der Waals surface area contributed by atoms with Crippen LogP contribution in [-0.4, -0.2) is 37.9 Å². The topological polar surface area (TPSA) is 62.3 Å². The molecular formula is C20H27N3O2S. The third-order valence-corrected chi connectivity index (χ3v) is 6.32. The molecule has 0 spiro atoms. The predicted molar refractivity (Wildman–Crippen MR) is 104 cm³/mol. The van der Waals surface area contributed by atoms with Crippen LogP contribution in [0.25, 0.3) is 0 Å². The number of sulfonamides is 1. The zero-order chi connectivity index (χ0) is 18.4. The van der Waals surface area contributed by atoms with Crippen LogP contribution in [0.5, 0.6) is 0 Å². The van der Waals surface area contributed by atoms with Crippen molar-refractivity contribution in [2.24, 2.45) is 5.92 Å². The second-order valence-electron chi connectivity index (χ2n) is 7.07. The van der Waals surface area contributed by atoms with Gasteiger partial charge in [-0.25, -0.2) is 13.1 Å². The summed E-state index contributed by atoms with van der Waals surface area (Å²) < 4.78 is 27.6. The molecule has 3 rings (SSSR count). The molecule has 1 aliphatic rings. The zero-order valence-corrected chi connectivity index (χ0v) is 16.1. The molecule has 0 amide bonds. The summed E-state index contributed by atoms with van der Waals surface area (Å²) in [6.07, 6.45) is 3.85. The molecule has 2 heterocycles. The maximum atomic E-state index is 12.4. The van der Waals surface area contributed by atoms with Crippen molar-refractivity contribution in [1.82, 2.24) is 14.6 Å². The highest BCUT2D eigenvalue weighted by Gasteiger charge is 2.21. The molecule has 1 saturated heterocycles. The third-order valence-electron chi connectivity index (χ3n) is 5.02. The number of hydrogen-bond acceptors (Lipinski definition) is 4. The Labute approximate surface area is 156 Å². The first-order chi connectivity index (χ1) is 12.5. The van der Waals surface area contributed by atoms with Crippen molar-refractivity contribution >= 4 is 10.0 Å².